The molecule has 0 fully saturated rings. The van der Waals surface area contributed by atoms with Crippen LogP contribution in [-0.2, 0) is 11.3 Å². The summed E-state index contributed by atoms with van der Waals surface area (Å²) in [6, 6.07) is 8.70. The molecule has 2 unspecified atom stereocenters. The summed E-state index contributed by atoms with van der Waals surface area (Å²) in [6.07, 6.45) is -27.3. The van der Waals surface area contributed by atoms with Crippen LogP contribution in [0.1, 0.15) is 50.4 Å². The summed E-state index contributed by atoms with van der Waals surface area (Å²) in [7, 11) is 0. The number of hydrogen-bond donors (Lipinski definition) is 3. The molecule has 2 amide bonds. The average molecular weight is 1220 g/mol. The average Bonchev–Trinajstić information content (AvgIpc) is 3.20. The van der Waals surface area contributed by atoms with Crippen molar-refractivity contribution in [1.82, 2.24) is 0 Å². The second-order valence-corrected chi connectivity index (χ2v) is 15.5. The molecule has 11 nitrogen and oxygen atoms in total. The molecule has 0 saturated carbocycles. The van der Waals surface area contributed by atoms with Gasteiger partial charge in [-0.25, -0.2) is 8.78 Å². The van der Waals surface area contributed by atoms with E-state index >= 15 is 0 Å². The maximum absolute atomic E-state index is 14.7. The van der Waals surface area contributed by atoms with Crippen LogP contribution in [0.4, 0.5) is 102 Å². The van der Waals surface area contributed by atoms with E-state index in [0.717, 1.165) is 24.3 Å². The minimum atomic E-state index is -6.95. The summed E-state index contributed by atoms with van der Waals surface area (Å²) in [4.78, 5) is 34.8. The summed E-state index contributed by atoms with van der Waals surface area (Å²) in [6.45, 7) is 0. The molecule has 0 bridgehead atoms. The number of halogens is 22. The second-order valence-electron chi connectivity index (χ2n) is 13.0. The smallest absolute Gasteiger partial charge is 0.870 e. The van der Waals surface area contributed by atoms with Crippen LogP contribution in [0.25, 0.3) is 0 Å². The van der Waals surface area contributed by atoms with E-state index in [1.807, 2.05) is 5.32 Å². The molecule has 4 aromatic rings. The molecular formula is C37H19Br2Cl2F18N6NaO5. The fourth-order valence-corrected chi connectivity index (χ4v) is 7.20. The number of nitrogens with one attached hydrogen (secondary N) is 2. The zero-order chi connectivity index (χ0) is 52.7. The molecule has 0 aromatic heterocycles. The van der Waals surface area contributed by atoms with Gasteiger partial charge < -0.3 is 21.8 Å². The standard InChI is InChI=1S/C18H6BrClF9N3O3.C18H8BrClF9N3O.CH4.Na.H2O/c19-10-4-9(15(21,17(24,25)26)16(22,23)18(27,28)29)5-11(20)13(10)31-14(33)7-1-2-8(6-30)12(3-7)32(34)35;19-10-4-9(15(21,17(24,25)26)16(22,23)18(27,28)29)5-11(20)13(10)32-14(33)7-1-2-8(6-30)12(31)3-7;;;/h1-5H,(H,31,33);1-5H,31H2,(H,32,33);1H4;;1H2/q;;;+1;/p-1. The predicted molar refractivity (Wildman–Crippen MR) is 216 cm³/mol. The first-order valence-electron chi connectivity index (χ1n) is 16.7. The van der Waals surface area contributed by atoms with Crippen LogP contribution in [0.2, 0.25) is 10.0 Å². The first-order chi connectivity index (χ1) is 30.7. The zero-order valence-corrected chi connectivity index (χ0v) is 39.8. The molecule has 0 spiro atoms. The van der Waals surface area contributed by atoms with Gasteiger partial charge in [-0.2, -0.15) is 80.8 Å². The Bertz CT molecular complexity index is 2730. The Hall–Kier alpha value is -4.76. The van der Waals surface area contributed by atoms with Crippen LogP contribution >= 0.6 is 55.1 Å². The van der Waals surface area contributed by atoms with E-state index in [4.69, 9.17) is 39.5 Å². The topological polar surface area (TPSA) is 205 Å². The van der Waals surface area contributed by atoms with E-state index in [0.29, 0.717) is 6.07 Å². The van der Waals surface area contributed by atoms with Gasteiger partial charge in [0.1, 0.15) is 17.7 Å². The van der Waals surface area contributed by atoms with Gasteiger partial charge in [-0.1, -0.05) is 30.6 Å². The molecule has 34 heteroatoms. The van der Waals surface area contributed by atoms with Crippen LogP contribution in [0.5, 0.6) is 0 Å². The number of nitro benzene ring substituents is 1. The van der Waals surface area contributed by atoms with Crippen molar-refractivity contribution in [2.75, 3.05) is 16.4 Å². The summed E-state index contributed by atoms with van der Waals surface area (Å²) >= 11 is 16.5. The molecular weight excluding hydrogens is 1200 g/mol. The van der Waals surface area contributed by atoms with Gasteiger partial charge in [0.15, 0.2) is 0 Å². The van der Waals surface area contributed by atoms with Gasteiger partial charge in [0, 0.05) is 37.3 Å². The van der Waals surface area contributed by atoms with Crippen molar-refractivity contribution >= 4 is 89.6 Å². The van der Waals surface area contributed by atoms with E-state index in [9.17, 15) is 98.7 Å². The number of nitrogen functional groups attached to an aromatic ring is 1. The molecule has 4 rings (SSSR count). The molecule has 0 aliphatic heterocycles. The van der Waals surface area contributed by atoms with Crippen molar-refractivity contribution < 1.29 is 129 Å². The van der Waals surface area contributed by atoms with Crippen molar-refractivity contribution in [2.24, 2.45) is 0 Å². The minimum Gasteiger partial charge on any atom is -0.870 e. The summed E-state index contributed by atoms with van der Waals surface area (Å²) < 4.78 is 238. The number of nitrogens with two attached hydrogens (primary N) is 1. The minimum absolute atomic E-state index is 0. The van der Waals surface area contributed by atoms with Crippen molar-refractivity contribution in [3.05, 3.63) is 123 Å². The van der Waals surface area contributed by atoms with Crippen LogP contribution in [-0.4, -0.2) is 58.8 Å². The van der Waals surface area contributed by atoms with Crippen LogP contribution < -0.4 is 45.9 Å². The van der Waals surface area contributed by atoms with E-state index in [-0.39, 0.29) is 83.5 Å². The number of benzene rings is 4. The Morgan fingerprint density at radius 2 is 0.915 bits per heavy atom. The first kappa shape index (κ1) is 66.2. The fourth-order valence-electron chi connectivity index (χ4n) is 5.32. The maximum Gasteiger partial charge on any atom is 1.00 e. The number of anilines is 3. The fraction of sp³-hybridized carbons (Fsp3) is 0.243. The van der Waals surface area contributed by atoms with Crippen molar-refractivity contribution in [2.45, 2.75) is 55.3 Å². The van der Waals surface area contributed by atoms with Gasteiger partial charge >= 0.3 is 77.4 Å². The van der Waals surface area contributed by atoms with E-state index in [1.165, 1.54) is 12.1 Å². The molecule has 0 aliphatic carbocycles. The molecule has 0 heterocycles. The summed E-state index contributed by atoms with van der Waals surface area (Å²) in [5.74, 6) is -16.0. The number of carbonyl (C=O) groups is 2. The van der Waals surface area contributed by atoms with Crippen molar-refractivity contribution in [3.8, 4) is 12.1 Å². The number of carbonyl (C=O) groups excluding carboxylic acids is 2. The van der Waals surface area contributed by atoms with Gasteiger partial charge in [-0.15, -0.1) is 0 Å². The Morgan fingerprint density at radius 1 is 0.592 bits per heavy atom. The molecule has 0 radical (unpaired) electrons. The zero-order valence-electron chi connectivity index (χ0n) is 33.1. The quantitative estimate of drug-likeness (QED) is 0.0482. The maximum atomic E-state index is 14.7. The third-order valence-corrected chi connectivity index (χ3v) is 10.6. The molecule has 71 heavy (non-hydrogen) atoms. The van der Waals surface area contributed by atoms with Crippen LogP contribution in [0.3, 0.4) is 0 Å². The van der Waals surface area contributed by atoms with Gasteiger partial charge in [0.05, 0.1) is 37.6 Å². The van der Waals surface area contributed by atoms with Crippen molar-refractivity contribution in [3.63, 3.8) is 0 Å². The largest absolute Gasteiger partial charge is 1.00 e. The summed E-state index contributed by atoms with van der Waals surface area (Å²) in [5, 5.41) is 30.6. The second kappa shape index (κ2) is 23.0. The molecule has 0 aliphatic rings. The molecule has 382 valence electrons. The third kappa shape index (κ3) is 12.7. The van der Waals surface area contributed by atoms with Crippen molar-refractivity contribution in [1.29, 1.82) is 10.5 Å². The van der Waals surface area contributed by atoms with Gasteiger partial charge in [-0.05, 0) is 86.5 Å². The number of hydrogen-bond acceptors (Lipinski definition) is 8. The van der Waals surface area contributed by atoms with Crippen LogP contribution in [0, 0.1) is 32.8 Å². The Morgan fingerprint density at radius 3 is 1.18 bits per heavy atom. The van der Waals surface area contributed by atoms with Gasteiger partial charge in [0.2, 0.25) is 0 Å². The van der Waals surface area contributed by atoms with Crippen LogP contribution in [0.15, 0.2) is 69.6 Å². The van der Waals surface area contributed by atoms with E-state index < -0.39 is 123 Å². The number of nitriles is 2. The SMILES string of the molecule is C.N#Cc1ccc(C(=O)Nc2c(Cl)cc(C(F)(C(F)(F)F)C(F)(F)C(F)(F)F)cc2Br)cc1N.N#Cc1ccc(C(=O)Nc2c(Cl)cc(C(F)(C(F)(F)F)C(F)(F)C(F)(F)F)cc2Br)cc1[N+](=O)[O-].[Na+].[OH-]. The molecule has 5 N–H and O–H groups in total. The number of rotatable bonds is 9. The summed E-state index contributed by atoms with van der Waals surface area (Å²) in [5.41, 5.74) is -14.5. The number of nitro groups is 1. The normalized spacial score (nSPS) is 13.6. The molecule has 0 saturated heterocycles. The Kier molecular flexibility index (Phi) is 21.4. The molecule has 4 aromatic carbocycles. The van der Waals surface area contributed by atoms with Gasteiger partial charge in [0.25, 0.3) is 17.5 Å². The molecule has 2 atom stereocenters. The number of nitrogens with zero attached hydrogens (tertiary/aromatic N) is 3. The number of alkyl halides is 18. The predicted octanol–water partition coefficient (Wildman–Crippen LogP) is 11.3. The monoisotopic (exact) mass is 1220 g/mol. The van der Waals surface area contributed by atoms with E-state index in [2.05, 4.69) is 37.2 Å². The first-order valence-corrected chi connectivity index (χ1v) is 19.0. The van der Waals surface area contributed by atoms with E-state index in [1.54, 1.807) is 6.07 Å². The third-order valence-electron chi connectivity index (χ3n) is 8.73. The Balaban J connectivity index is 0.00000133. The Labute approximate surface area is 433 Å². The van der Waals surface area contributed by atoms with Gasteiger partial charge in [-0.3, -0.25) is 19.7 Å². The number of amides is 2.